The number of fused-ring (bicyclic) bond motifs is 1. The largest absolute Gasteiger partial charge is 0.379 e. The van der Waals surface area contributed by atoms with E-state index in [4.69, 9.17) is 4.74 Å². The van der Waals surface area contributed by atoms with E-state index in [0.29, 0.717) is 35.6 Å². The van der Waals surface area contributed by atoms with Gasteiger partial charge in [-0.3, -0.25) is 14.2 Å². The Morgan fingerprint density at radius 3 is 2.52 bits per heavy atom. The van der Waals surface area contributed by atoms with Gasteiger partial charge in [0, 0.05) is 13.2 Å². The minimum atomic E-state index is -0.487. The van der Waals surface area contributed by atoms with Crippen molar-refractivity contribution in [3.63, 3.8) is 0 Å². The number of hydrogen-bond donors (Lipinski definition) is 1. The van der Waals surface area contributed by atoms with Crippen molar-refractivity contribution in [2.75, 3.05) is 6.61 Å². The van der Waals surface area contributed by atoms with Gasteiger partial charge in [0.05, 0.1) is 28.3 Å². The molecule has 1 amide bonds. The molecule has 176 valence electrons. The SMILES string of the molecule is CC(C)OCCCn1c(S[C@H](C)C(=O)N[C@@H](C)c2ccc(F)cc2)nc2ccccc2c1=O. The molecule has 0 aliphatic rings. The Hall–Kier alpha value is -2.71. The Bertz CT molecular complexity index is 1150. The molecule has 1 heterocycles. The van der Waals surface area contributed by atoms with Gasteiger partial charge in [-0.1, -0.05) is 36.0 Å². The number of hydrogen-bond acceptors (Lipinski definition) is 5. The lowest BCUT2D eigenvalue weighted by molar-refractivity contribution is -0.120. The summed E-state index contributed by atoms with van der Waals surface area (Å²) in [6, 6.07) is 13.0. The first-order chi connectivity index (χ1) is 15.8. The van der Waals surface area contributed by atoms with Crippen LogP contribution in [0.4, 0.5) is 4.39 Å². The van der Waals surface area contributed by atoms with Crippen LogP contribution in [0.25, 0.3) is 10.9 Å². The van der Waals surface area contributed by atoms with E-state index in [2.05, 4.69) is 10.3 Å². The van der Waals surface area contributed by atoms with Crippen LogP contribution in [-0.2, 0) is 16.1 Å². The second-order valence-electron chi connectivity index (χ2n) is 8.18. The minimum absolute atomic E-state index is 0.122. The van der Waals surface area contributed by atoms with Crippen molar-refractivity contribution < 1.29 is 13.9 Å². The van der Waals surface area contributed by atoms with Crippen molar-refractivity contribution >= 4 is 28.6 Å². The molecule has 6 nitrogen and oxygen atoms in total. The standard InChI is InChI=1S/C25H30FN3O3S/c1-16(2)32-15-7-14-29-24(31)21-8-5-6-9-22(21)28-25(29)33-18(4)23(30)27-17(3)19-10-12-20(26)13-11-19/h5-6,8-13,16-18H,7,14-15H2,1-4H3,(H,27,30)/t17-,18+/m0/s1. The molecule has 0 unspecified atom stereocenters. The predicted octanol–water partition coefficient (Wildman–Crippen LogP) is 4.71. The summed E-state index contributed by atoms with van der Waals surface area (Å²) in [6.45, 7) is 8.56. The van der Waals surface area contributed by atoms with Gasteiger partial charge in [-0.2, -0.15) is 0 Å². The first-order valence-electron chi connectivity index (χ1n) is 11.1. The van der Waals surface area contributed by atoms with Crippen LogP contribution in [-0.4, -0.2) is 33.4 Å². The van der Waals surface area contributed by atoms with Crippen LogP contribution >= 0.6 is 11.8 Å². The monoisotopic (exact) mass is 471 g/mol. The Labute approximate surface area is 197 Å². The van der Waals surface area contributed by atoms with E-state index >= 15 is 0 Å². The maximum Gasteiger partial charge on any atom is 0.262 e. The molecule has 0 aliphatic carbocycles. The van der Waals surface area contributed by atoms with E-state index < -0.39 is 5.25 Å². The highest BCUT2D eigenvalue weighted by molar-refractivity contribution is 8.00. The summed E-state index contributed by atoms with van der Waals surface area (Å²) in [5.41, 5.74) is 1.29. The number of nitrogens with zero attached hydrogens (tertiary/aromatic N) is 2. The third-order valence-corrected chi connectivity index (χ3v) is 6.27. The number of para-hydroxylation sites is 1. The molecule has 0 saturated heterocycles. The van der Waals surface area contributed by atoms with Gasteiger partial charge < -0.3 is 10.1 Å². The van der Waals surface area contributed by atoms with Crippen molar-refractivity contribution in [3.05, 3.63) is 70.3 Å². The predicted molar refractivity (Wildman–Crippen MR) is 130 cm³/mol. The maximum absolute atomic E-state index is 13.2. The summed E-state index contributed by atoms with van der Waals surface area (Å²) in [4.78, 5) is 30.7. The van der Waals surface area contributed by atoms with Crippen molar-refractivity contribution in [2.24, 2.45) is 0 Å². The summed E-state index contributed by atoms with van der Waals surface area (Å²) < 4.78 is 20.4. The molecule has 2 atom stereocenters. The first-order valence-corrected chi connectivity index (χ1v) is 12.0. The summed E-state index contributed by atoms with van der Waals surface area (Å²) >= 11 is 1.25. The van der Waals surface area contributed by atoms with Crippen molar-refractivity contribution in [2.45, 2.75) is 63.2 Å². The van der Waals surface area contributed by atoms with Crippen LogP contribution in [0.2, 0.25) is 0 Å². The molecule has 0 fully saturated rings. The molecule has 3 aromatic rings. The fraction of sp³-hybridized carbons (Fsp3) is 0.400. The third kappa shape index (κ3) is 6.65. The molecule has 0 spiro atoms. The summed E-state index contributed by atoms with van der Waals surface area (Å²) in [7, 11) is 0. The van der Waals surface area contributed by atoms with Gasteiger partial charge in [0.15, 0.2) is 5.16 Å². The first kappa shape index (κ1) is 24.9. The number of benzene rings is 2. The van der Waals surface area contributed by atoms with E-state index in [1.54, 1.807) is 35.8 Å². The Morgan fingerprint density at radius 1 is 1.12 bits per heavy atom. The quantitative estimate of drug-likeness (QED) is 0.263. The zero-order chi connectivity index (χ0) is 24.0. The Balaban J connectivity index is 1.77. The molecule has 8 heteroatoms. The van der Waals surface area contributed by atoms with Crippen molar-refractivity contribution in [1.29, 1.82) is 0 Å². The lowest BCUT2D eigenvalue weighted by Crippen LogP contribution is -2.34. The van der Waals surface area contributed by atoms with E-state index in [1.165, 1.54) is 23.9 Å². The van der Waals surface area contributed by atoms with Crippen LogP contribution in [0, 0.1) is 5.82 Å². The number of aromatic nitrogens is 2. The maximum atomic E-state index is 13.2. The zero-order valence-electron chi connectivity index (χ0n) is 19.4. The average Bonchev–Trinajstić information content (AvgIpc) is 2.78. The molecule has 0 saturated carbocycles. The molecular weight excluding hydrogens is 441 g/mol. The normalized spacial score (nSPS) is 13.3. The Morgan fingerprint density at radius 2 is 1.82 bits per heavy atom. The topological polar surface area (TPSA) is 73.2 Å². The van der Waals surface area contributed by atoms with Gasteiger partial charge >= 0.3 is 0 Å². The summed E-state index contributed by atoms with van der Waals surface area (Å²) in [6.07, 6.45) is 0.783. The van der Waals surface area contributed by atoms with Crippen molar-refractivity contribution in [1.82, 2.24) is 14.9 Å². The summed E-state index contributed by atoms with van der Waals surface area (Å²) in [5.74, 6) is -0.505. The van der Waals surface area contributed by atoms with Gasteiger partial charge in [0.25, 0.3) is 5.56 Å². The molecule has 0 aliphatic heterocycles. The third-order valence-electron chi connectivity index (χ3n) is 5.18. The molecule has 3 rings (SSSR count). The highest BCUT2D eigenvalue weighted by Gasteiger charge is 2.21. The number of nitrogens with one attached hydrogen (secondary N) is 1. The average molecular weight is 472 g/mol. The number of carbonyl (C=O) groups excluding carboxylic acids is 1. The minimum Gasteiger partial charge on any atom is -0.379 e. The van der Waals surface area contributed by atoms with Gasteiger partial charge in [-0.25, -0.2) is 9.37 Å². The molecule has 1 aromatic heterocycles. The van der Waals surface area contributed by atoms with Gasteiger partial charge in [-0.15, -0.1) is 0 Å². The highest BCUT2D eigenvalue weighted by Crippen LogP contribution is 2.24. The number of carbonyl (C=O) groups is 1. The Kier molecular flexibility index (Phi) is 8.63. The van der Waals surface area contributed by atoms with Crippen LogP contribution in [0.15, 0.2) is 58.5 Å². The number of ether oxygens (including phenoxy) is 1. The van der Waals surface area contributed by atoms with Crippen LogP contribution in [0.1, 0.15) is 45.7 Å². The number of rotatable bonds is 10. The fourth-order valence-electron chi connectivity index (χ4n) is 3.35. The molecule has 33 heavy (non-hydrogen) atoms. The molecular formula is C25H30FN3O3S. The second kappa shape index (κ2) is 11.4. The van der Waals surface area contributed by atoms with E-state index in [-0.39, 0.29) is 29.4 Å². The van der Waals surface area contributed by atoms with Gasteiger partial charge in [-0.05, 0) is 63.9 Å². The van der Waals surface area contributed by atoms with E-state index in [0.717, 1.165) is 5.56 Å². The van der Waals surface area contributed by atoms with E-state index in [1.807, 2.05) is 32.9 Å². The molecule has 1 N–H and O–H groups in total. The lowest BCUT2D eigenvalue weighted by Gasteiger charge is -2.19. The number of amides is 1. The van der Waals surface area contributed by atoms with Crippen molar-refractivity contribution in [3.8, 4) is 0 Å². The molecule has 0 bridgehead atoms. The fourth-order valence-corrected chi connectivity index (χ4v) is 4.30. The number of halogens is 1. The van der Waals surface area contributed by atoms with E-state index in [9.17, 15) is 14.0 Å². The summed E-state index contributed by atoms with van der Waals surface area (Å²) in [5, 5.41) is 3.52. The zero-order valence-corrected chi connectivity index (χ0v) is 20.2. The molecule has 2 aromatic carbocycles. The van der Waals surface area contributed by atoms with Crippen LogP contribution in [0.3, 0.4) is 0 Å². The highest BCUT2D eigenvalue weighted by atomic mass is 32.2. The lowest BCUT2D eigenvalue weighted by atomic mass is 10.1. The smallest absolute Gasteiger partial charge is 0.262 e. The number of thioether (sulfide) groups is 1. The second-order valence-corrected chi connectivity index (χ2v) is 9.49. The van der Waals surface area contributed by atoms with Crippen LogP contribution in [0.5, 0.6) is 0 Å². The van der Waals surface area contributed by atoms with Crippen LogP contribution < -0.4 is 10.9 Å². The van der Waals surface area contributed by atoms with Gasteiger partial charge in [0.1, 0.15) is 5.82 Å². The van der Waals surface area contributed by atoms with Gasteiger partial charge in [0.2, 0.25) is 5.91 Å². The molecule has 0 radical (unpaired) electrons.